The lowest BCUT2D eigenvalue weighted by Crippen LogP contribution is -2.49. The summed E-state index contributed by atoms with van der Waals surface area (Å²) in [5, 5.41) is 11.4. The number of piperidine rings is 1. The second-order valence-corrected chi connectivity index (χ2v) is 6.95. The number of carbonyl (C=O) groups excluding carboxylic acids is 2. The number of nitrogens with zero attached hydrogens (tertiary/aromatic N) is 2. The number of ether oxygens (including phenoxy) is 1. The van der Waals surface area contributed by atoms with Crippen molar-refractivity contribution in [2.24, 2.45) is 0 Å². The van der Waals surface area contributed by atoms with Crippen LogP contribution in [0.2, 0.25) is 0 Å². The number of para-hydroxylation sites is 1. The van der Waals surface area contributed by atoms with Crippen LogP contribution < -0.4 is 10.1 Å². The Morgan fingerprint density at radius 1 is 1.27 bits per heavy atom. The van der Waals surface area contributed by atoms with E-state index >= 15 is 0 Å². The second kappa shape index (κ2) is 9.23. The largest absolute Gasteiger partial charge is 0.481 e. The van der Waals surface area contributed by atoms with Gasteiger partial charge in [0, 0.05) is 19.1 Å². The molecule has 0 aromatic heterocycles. The van der Waals surface area contributed by atoms with Gasteiger partial charge in [-0.2, -0.15) is 5.26 Å². The van der Waals surface area contributed by atoms with Gasteiger partial charge in [-0.1, -0.05) is 32.0 Å². The highest BCUT2D eigenvalue weighted by Crippen LogP contribution is 2.27. The van der Waals surface area contributed by atoms with Crippen LogP contribution in [0.5, 0.6) is 5.75 Å². The number of amides is 2. The zero-order valence-electron chi connectivity index (χ0n) is 15.7. The molecule has 1 N–H and O–H groups in total. The third-order valence-corrected chi connectivity index (χ3v) is 4.60. The number of hydrogen-bond acceptors (Lipinski definition) is 4. The minimum atomic E-state index is -0.556. The Morgan fingerprint density at radius 2 is 1.92 bits per heavy atom. The molecule has 1 aliphatic heterocycles. The van der Waals surface area contributed by atoms with Gasteiger partial charge in [0.05, 0.1) is 6.07 Å². The van der Waals surface area contributed by atoms with Crippen LogP contribution in [0.4, 0.5) is 0 Å². The SMILES string of the molecule is CC(Oc1ccccc1C(C)C)C(=O)N1CCC(NC(=O)CC#N)CC1. The van der Waals surface area contributed by atoms with Gasteiger partial charge in [0.15, 0.2) is 6.10 Å². The van der Waals surface area contributed by atoms with Gasteiger partial charge in [0.25, 0.3) is 5.91 Å². The first-order valence-electron chi connectivity index (χ1n) is 9.13. The van der Waals surface area contributed by atoms with Crippen molar-refractivity contribution in [3.63, 3.8) is 0 Å². The molecule has 1 aliphatic rings. The first-order valence-corrected chi connectivity index (χ1v) is 9.13. The van der Waals surface area contributed by atoms with E-state index in [2.05, 4.69) is 19.2 Å². The molecule has 1 unspecified atom stereocenters. The van der Waals surface area contributed by atoms with E-state index < -0.39 is 6.10 Å². The molecule has 1 fully saturated rings. The van der Waals surface area contributed by atoms with E-state index in [9.17, 15) is 9.59 Å². The third kappa shape index (κ3) is 5.22. The average molecular weight is 357 g/mol. The van der Waals surface area contributed by atoms with Crippen LogP contribution in [0.1, 0.15) is 51.5 Å². The molecule has 0 radical (unpaired) electrons. The molecule has 6 heteroatoms. The zero-order chi connectivity index (χ0) is 19.1. The molecule has 2 amide bonds. The van der Waals surface area contributed by atoms with Crippen molar-refractivity contribution in [2.75, 3.05) is 13.1 Å². The first kappa shape index (κ1) is 19.8. The van der Waals surface area contributed by atoms with Crippen LogP contribution in [0.3, 0.4) is 0 Å². The summed E-state index contributed by atoms with van der Waals surface area (Å²) < 4.78 is 5.95. The van der Waals surface area contributed by atoms with Gasteiger partial charge >= 0.3 is 0 Å². The maximum absolute atomic E-state index is 12.7. The highest BCUT2D eigenvalue weighted by atomic mass is 16.5. The van der Waals surface area contributed by atoms with Crippen LogP contribution in [0.25, 0.3) is 0 Å². The molecule has 6 nitrogen and oxygen atoms in total. The van der Waals surface area contributed by atoms with Gasteiger partial charge in [-0.25, -0.2) is 0 Å². The van der Waals surface area contributed by atoms with Crippen molar-refractivity contribution in [1.29, 1.82) is 5.26 Å². The van der Waals surface area contributed by atoms with Crippen molar-refractivity contribution >= 4 is 11.8 Å². The first-order chi connectivity index (χ1) is 12.4. The molecular weight excluding hydrogens is 330 g/mol. The molecule has 2 rings (SSSR count). The standard InChI is InChI=1S/C20H27N3O3/c1-14(2)17-6-4-5-7-18(17)26-15(3)20(25)23-12-9-16(10-13-23)22-19(24)8-11-21/h4-7,14-16H,8-10,12-13H2,1-3H3,(H,22,24). The quantitative estimate of drug-likeness (QED) is 0.848. The molecule has 140 valence electrons. The van der Waals surface area contributed by atoms with Gasteiger partial charge in [-0.15, -0.1) is 0 Å². The Labute approximate surface area is 155 Å². The molecular formula is C20H27N3O3. The van der Waals surface area contributed by atoms with E-state index in [0.717, 1.165) is 11.3 Å². The van der Waals surface area contributed by atoms with E-state index in [0.29, 0.717) is 31.8 Å². The Morgan fingerprint density at radius 3 is 2.54 bits per heavy atom. The Kier molecular flexibility index (Phi) is 7.02. The molecule has 0 bridgehead atoms. The number of rotatable bonds is 6. The van der Waals surface area contributed by atoms with Crippen LogP contribution in [0.15, 0.2) is 24.3 Å². The number of likely N-dealkylation sites (tertiary alicyclic amines) is 1. The summed E-state index contributed by atoms with van der Waals surface area (Å²) in [6.07, 6.45) is 0.704. The van der Waals surface area contributed by atoms with Crippen molar-refractivity contribution in [3.05, 3.63) is 29.8 Å². The summed E-state index contributed by atoms with van der Waals surface area (Å²) in [4.78, 5) is 26.0. The van der Waals surface area contributed by atoms with Crippen LogP contribution in [-0.4, -0.2) is 41.9 Å². The second-order valence-electron chi connectivity index (χ2n) is 6.95. The molecule has 0 spiro atoms. The molecule has 26 heavy (non-hydrogen) atoms. The smallest absolute Gasteiger partial charge is 0.263 e. The van der Waals surface area contributed by atoms with Crippen molar-refractivity contribution in [1.82, 2.24) is 10.2 Å². The topological polar surface area (TPSA) is 82.4 Å². The highest BCUT2D eigenvalue weighted by Gasteiger charge is 2.28. The normalized spacial score (nSPS) is 16.0. The number of nitrogens with one attached hydrogen (secondary N) is 1. The molecule has 0 aliphatic carbocycles. The maximum Gasteiger partial charge on any atom is 0.263 e. The van der Waals surface area contributed by atoms with Crippen molar-refractivity contribution in [3.8, 4) is 11.8 Å². The Hall–Kier alpha value is -2.55. The third-order valence-electron chi connectivity index (χ3n) is 4.60. The fourth-order valence-electron chi connectivity index (χ4n) is 3.16. The number of nitriles is 1. The zero-order valence-corrected chi connectivity index (χ0v) is 15.7. The maximum atomic E-state index is 12.7. The summed E-state index contributed by atoms with van der Waals surface area (Å²) >= 11 is 0. The van der Waals surface area contributed by atoms with Crippen LogP contribution in [0, 0.1) is 11.3 Å². The molecule has 1 aromatic rings. The fraction of sp³-hybridized carbons (Fsp3) is 0.550. The Bertz CT molecular complexity index is 673. The monoisotopic (exact) mass is 357 g/mol. The minimum absolute atomic E-state index is 0.0257. The van der Waals surface area contributed by atoms with E-state index in [1.807, 2.05) is 30.3 Å². The minimum Gasteiger partial charge on any atom is -0.481 e. The fourth-order valence-corrected chi connectivity index (χ4v) is 3.16. The van der Waals surface area contributed by atoms with Crippen LogP contribution >= 0.6 is 0 Å². The molecule has 1 heterocycles. The predicted molar refractivity (Wildman–Crippen MR) is 98.6 cm³/mol. The number of carbonyl (C=O) groups is 2. The molecule has 1 atom stereocenters. The number of hydrogen-bond donors (Lipinski definition) is 1. The summed E-state index contributed by atoms with van der Waals surface area (Å²) in [6, 6.07) is 9.67. The summed E-state index contributed by atoms with van der Waals surface area (Å²) in [6.45, 7) is 7.13. The summed E-state index contributed by atoms with van der Waals surface area (Å²) in [7, 11) is 0. The average Bonchev–Trinajstić information content (AvgIpc) is 2.62. The molecule has 1 saturated heterocycles. The summed E-state index contributed by atoms with van der Waals surface area (Å²) in [5.41, 5.74) is 1.09. The lowest BCUT2D eigenvalue weighted by atomic mass is 10.0. The van der Waals surface area contributed by atoms with Crippen molar-refractivity contribution < 1.29 is 14.3 Å². The van der Waals surface area contributed by atoms with E-state index in [1.54, 1.807) is 11.8 Å². The summed E-state index contributed by atoms with van der Waals surface area (Å²) in [5.74, 6) is 0.785. The van der Waals surface area contributed by atoms with E-state index in [-0.39, 0.29) is 24.3 Å². The van der Waals surface area contributed by atoms with Crippen molar-refractivity contribution in [2.45, 2.75) is 58.1 Å². The Balaban J connectivity index is 1.88. The van der Waals surface area contributed by atoms with Gasteiger partial charge in [-0.05, 0) is 37.3 Å². The number of benzene rings is 1. The van der Waals surface area contributed by atoms with Gasteiger partial charge in [-0.3, -0.25) is 9.59 Å². The molecule has 1 aromatic carbocycles. The lowest BCUT2D eigenvalue weighted by molar-refractivity contribution is -0.139. The highest BCUT2D eigenvalue weighted by molar-refractivity contribution is 5.81. The lowest BCUT2D eigenvalue weighted by Gasteiger charge is -2.34. The van der Waals surface area contributed by atoms with E-state index in [4.69, 9.17) is 10.00 Å². The predicted octanol–water partition coefficient (Wildman–Crippen LogP) is 2.60. The van der Waals surface area contributed by atoms with Gasteiger partial charge in [0.1, 0.15) is 12.2 Å². The van der Waals surface area contributed by atoms with Gasteiger partial charge < -0.3 is 15.0 Å². The van der Waals surface area contributed by atoms with E-state index in [1.165, 1.54) is 0 Å². The molecule has 0 saturated carbocycles. The van der Waals surface area contributed by atoms with Crippen LogP contribution in [-0.2, 0) is 9.59 Å². The van der Waals surface area contributed by atoms with Gasteiger partial charge in [0.2, 0.25) is 5.91 Å².